The molecule has 0 spiro atoms. The van der Waals surface area contributed by atoms with Crippen molar-refractivity contribution >= 4 is 29.1 Å². The average molecular weight is 250 g/mol. The fourth-order valence-electron chi connectivity index (χ4n) is 1.46. The first-order valence-corrected chi connectivity index (χ1v) is 5.48. The number of nitrogens with zero attached hydrogens (tertiary/aromatic N) is 3. The summed E-state index contributed by atoms with van der Waals surface area (Å²) in [6.45, 7) is 2.13. The highest BCUT2D eigenvalue weighted by Crippen LogP contribution is 2.14. The number of aliphatic imine (C=N–C) groups is 1. The van der Waals surface area contributed by atoms with Crippen LogP contribution in [0.25, 0.3) is 0 Å². The van der Waals surface area contributed by atoms with Crippen molar-refractivity contribution in [3.63, 3.8) is 0 Å². The minimum absolute atomic E-state index is 0.175. The Bertz CT molecular complexity index is 518. The van der Waals surface area contributed by atoms with E-state index in [1.807, 2.05) is 0 Å². The van der Waals surface area contributed by atoms with Gasteiger partial charge in [-0.2, -0.15) is 4.99 Å². The third kappa shape index (κ3) is 2.62. The van der Waals surface area contributed by atoms with E-state index in [-0.39, 0.29) is 17.5 Å². The van der Waals surface area contributed by atoms with Crippen LogP contribution in [0, 0.1) is 0 Å². The van der Waals surface area contributed by atoms with Gasteiger partial charge in [0.05, 0.1) is 18.7 Å². The van der Waals surface area contributed by atoms with Crippen LogP contribution in [-0.4, -0.2) is 28.5 Å². The minimum Gasteiger partial charge on any atom is -0.466 e. The Morgan fingerprint density at radius 2 is 2.35 bits per heavy atom. The number of H-pyrrole nitrogens is 1. The number of aromatic nitrogens is 1. The van der Waals surface area contributed by atoms with Crippen LogP contribution < -0.4 is 0 Å². The second-order valence-corrected chi connectivity index (χ2v) is 3.64. The van der Waals surface area contributed by atoms with Crippen LogP contribution in [-0.2, 0) is 16.0 Å². The number of hydrogen-bond donors (Lipinski definition) is 1. The van der Waals surface area contributed by atoms with E-state index < -0.39 is 0 Å². The molecule has 1 aromatic rings. The Balaban J connectivity index is 2.18. The maximum absolute atomic E-state index is 11.4. The molecule has 0 radical (unpaired) electrons. The van der Waals surface area contributed by atoms with E-state index in [0.29, 0.717) is 18.1 Å². The largest absolute Gasteiger partial charge is 0.466 e. The van der Waals surface area contributed by atoms with E-state index in [1.165, 1.54) is 0 Å². The molecule has 6 nitrogen and oxygen atoms in total. The van der Waals surface area contributed by atoms with Gasteiger partial charge in [0.25, 0.3) is 0 Å². The lowest BCUT2D eigenvalue weighted by Crippen LogP contribution is -2.10. The number of thiocarbonyl (C=S) groups is 1. The van der Waals surface area contributed by atoms with Crippen LogP contribution in [0.4, 0.5) is 0 Å². The number of nitrogens with one attached hydrogen (secondary N) is 1. The van der Waals surface area contributed by atoms with Crippen molar-refractivity contribution in [1.82, 2.24) is 4.98 Å². The van der Waals surface area contributed by atoms with Crippen molar-refractivity contribution in [2.45, 2.75) is 13.3 Å². The zero-order valence-corrected chi connectivity index (χ0v) is 9.95. The number of carbonyl (C=O) groups excluding carboxylic acids is 1. The quantitative estimate of drug-likeness (QED) is 0.651. The van der Waals surface area contributed by atoms with Crippen molar-refractivity contribution < 1.29 is 9.53 Å². The van der Waals surface area contributed by atoms with Gasteiger partial charge in [-0.1, -0.05) is 0 Å². The zero-order chi connectivity index (χ0) is 12.3. The molecule has 17 heavy (non-hydrogen) atoms. The third-order valence-corrected chi connectivity index (χ3v) is 2.30. The summed E-state index contributed by atoms with van der Waals surface area (Å²) in [5, 5.41) is 7.66. The summed E-state index contributed by atoms with van der Waals surface area (Å²) in [4.78, 5) is 18.3. The van der Waals surface area contributed by atoms with Crippen molar-refractivity contribution in [2.75, 3.05) is 6.61 Å². The highest BCUT2D eigenvalue weighted by Gasteiger charge is 2.17. The number of ether oxygens (including phenoxy) is 1. The van der Waals surface area contributed by atoms with E-state index in [4.69, 9.17) is 17.0 Å². The van der Waals surface area contributed by atoms with Crippen LogP contribution in [0.2, 0.25) is 0 Å². The molecule has 0 aliphatic carbocycles. The maximum Gasteiger partial charge on any atom is 0.310 e. The monoisotopic (exact) mass is 250 g/mol. The first-order valence-electron chi connectivity index (χ1n) is 5.07. The standard InChI is InChI=1S/C10H10N4O2S/c1-2-16-7(15)5-6-3-4-11-8(6)9-12-10(17)14-13-9/h3-4,11H,2,5H2,1H3. The SMILES string of the molecule is CCOC(=O)Cc1cc[nH]c1C1=NC(=S)N=N1. The summed E-state index contributed by atoms with van der Waals surface area (Å²) in [6, 6.07) is 1.78. The number of aromatic amines is 1. The Kier molecular flexibility index (Phi) is 3.38. The summed E-state index contributed by atoms with van der Waals surface area (Å²) >= 11 is 4.79. The number of amidine groups is 1. The lowest BCUT2D eigenvalue weighted by Gasteiger charge is -2.01. The van der Waals surface area contributed by atoms with Crippen LogP contribution in [0.1, 0.15) is 18.2 Å². The molecule has 2 heterocycles. The molecule has 0 unspecified atom stereocenters. The normalized spacial score (nSPS) is 13.9. The van der Waals surface area contributed by atoms with Gasteiger partial charge >= 0.3 is 5.97 Å². The second-order valence-electron chi connectivity index (χ2n) is 3.28. The van der Waals surface area contributed by atoms with Crippen molar-refractivity contribution in [2.24, 2.45) is 15.2 Å². The molecule has 0 saturated heterocycles. The molecular weight excluding hydrogens is 240 g/mol. The molecule has 0 aromatic carbocycles. The van der Waals surface area contributed by atoms with Gasteiger partial charge in [-0.15, -0.1) is 10.2 Å². The number of azo groups is 1. The average Bonchev–Trinajstić information content (AvgIpc) is 2.87. The van der Waals surface area contributed by atoms with Gasteiger partial charge in [0.1, 0.15) is 0 Å². The molecule has 1 aliphatic rings. The van der Waals surface area contributed by atoms with Gasteiger partial charge < -0.3 is 9.72 Å². The fourth-order valence-corrected chi connectivity index (χ4v) is 1.58. The number of hydrogen-bond acceptors (Lipinski definition) is 4. The smallest absolute Gasteiger partial charge is 0.310 e. The van der Waals surface area contributed by atoms with E-state index >= 15 is 0 Å². The highest BCUT2D eigenvalue weighted by molar-refractivity contribution is 7.80. The molecule has 1 N–H and O–H groups in total. The molecular formula is C10H10N4O2S. The van der Waals surface area contributed by atoms with Crippen molar-refractivity contribution in [3.8, 4) is 0 Å². The molecule has 0 saturated carbocycles. The molecule has 2 rings (SSSR count). The lowest BCUT2D eigenvalue weighted by molar-refractivity contribution is -0.142. The fraction of sp³-hybridized carbons (Fsp3) is 0.300. The van der Waals surface area contributed by atoms with E-state index in [0.717, 1.165) is 5.56 Å². The number of carbonyl (C=O) groups is 1. The maximum atomic E-state index is 11.4. The predicted molar refractivity (Wildman–Crippen MR) is 65.1 cm³/mol. The van der Waals surface area contributed by atoms with Crippen LogP contribution in [0.3, 0.4) is 0 Å². The van der Waals surface area contributed by atoms with E-state index in [1.54, 1.807) is 19.2 Å². The molecule has 0 bridgehead atoms. The summed E-state index contributed by atoms with van der Waals surface area (Å²) in [7, 11) is 0. The lowest BCUT2D eigenvalue weighted by atomic mass is 10.1. The molecule has 0 fully saturated rings. The van der Waals surface area contributed by atoms with Gasteiger partial charge in [0.2, 0.25) is 10.9 Å². The Hall–Kier alpha value is -1.89. The first-order chi connectivity index (χ1) is 8.20. The van der Waals surface area contributed by atoms with Gasteiger partial charge in [0.15, 0.2) is 0 Å². The van der Waals surface area contributed by atoms with Crippen molar-refractivity contribution in [1.29, 1.82) is 0 Å². The summed E-state index contributed by atoms with van der Waals surface area (Å²) in [5.74, 6) is 0.116. The Morgan fingerprint density at radius 3 is 3.00 bits per heavy atom. The predicted octanol–water partition coefficient (Wildman–Crippen LogP) is 1.62. The van der Waals surface area contributed by atoms with Gasteiger partial charge in [-0.25, -0.2) is 0 Å². The molecule has 0 atom stereocenters. The molecule has 7 heteroatoms. The topological polar surface area (TPSA) is 79.2 Å². The van der Waals surface area contributed by atoms with Gasteiger partial charge in [-0.05, 0) is 30.8 Å². The minimum atomic E-state index is -0.286. The van der Waals surface area contributed by atoms with E-state index in [2.05, 4.69) is 20.2 Å². The zero-order valence-electron chi connectivity index (χ0n) is 9.14. The van der Waals surface area contributed by atoms with E-state index in [9.17, 15) is 4.79 Å². The van der Waals surface area contributed by atoms with Gasteiger partial charge in [0, 0.05) is 6.20 Å². The third-order valence-electron chi connectivity index (χ3n) is 2.13. The molecule has 1 aliphatic heterocycles. The van der Waals surface area contributed by atoms with Crippen molar-refractivity contribution in [3.05, 3.63) is 23.5 Å². The number of esters is 1. The number of rotatable bonds is 4. The molecule has 1 aromatic heterocycles. The van der Waals surface area contributed by atoms with Crippen LogP contribution in [0.15, 0.2) is 27.5 Å². The summed E-state index contributed by atoms with van der Waals surface area (Å²) < 4.78 is 4.88. The Morgan fingerprint density at radius 1 is 1.53 bits per heavy atom. The highest BCUT2D eigenvalue weighted by atomic mass is 32.1. The Labute approximate surface area is 103 Å². The van der Waals surface area contributed by atoms with Crippen LogP contribution in [0.5, 0.6) is 0 Å². The van der Waals surface area contributed by atoms with Crippen LogP contribution >= 0.6 is 12.2 Å². The summed E-state index contributed by atoms with van der Waals surface area (Å²) in [5.41, 5.74) is 1.42. The summed E-state index contributed by atoms with van der Waals surface area (Å²) in [6.07, 6.45) is 1.89. The molecule has 0 amide bonds. The molecule has 88 valence electrons. The van der Waals surface area contributed by atoms with Gasteiger partial charge in [-0.3, -0.25) is 4.79 Å². The first kappa shape index (κ1) is 11.6. The second kappa shape index (κ2) is 4.96.